The van der Waals surface area contributed by atoms with Gasteiger partial charge in [-0.3, -0.25) is 19.9 Å². The summed E-state index contributed by atoms with van der Waals surface area (Å²) in [6.45, 7) is 3.26. The summed E-state index contributed by atoms with van der Waals surface area (Å²) < 4.78 is 0. The molecule has 10 nitrogen and oxygen atoms in total. The first-order chi connectivity index (χ1) is 16.4. The number of anilines is 1. The molecule has 0 unspecified atom stereocenters. The summed E-state index contributed by atoms with van der Waals surface area (Å²) in [5.74, 6) is -2.35. The molecule has 2 heterocycles. The molecule has 1 aromatic heterocycles. The first-order valence-electron chi connectivity index (χ1n) is 10.7. The molecular weight excluding hydrogens is 492 g/mol. The Hall–Kier alpha value is -3.38. The predicted octanol–water partition coefficient (Wildman–Crippen LogP) is 2.25. The normalized spacial score (nSPS) is 14.1. The molecule has 0 aliphatic carbocycles. The predicted molar refractivity (Wildman–Crippen MR) is 135 cm³/mol. The lowest BCUT2D eigenvalue weighted by Gasteiger charge is -2.32. The summed E-state index contributed by atoms with van der Waals surface area (Å²) >= 11 is 1.12. The molecule has 1 saturated heterocycles. The number of likely N-dealkylation sites (N-methyl/N-ethyl adjacent to an activating group) is 1. The second-order valence-electron chi connectivity index (χ2n) is 7.86. The molecular formula is C23H25ClN6O4S. The largest absolute Gasteiger partial charge is 0.478 e. The molecule has 12 heteroatoms. The summed E-state index contributed by atoms with van der Waals surface area (Å²) in [7, 11) is 2.03. The third-order valence-corrected chi connectivity index (χ3v) is 6.37. The minimum atomic E-state index is -1.24. The average molecular weight is 517 g/mol. The number of rotatable bonds is 6. The van der Waals surface area contributed by atoms with Gasteiger partial charge in [-0.05, 0) is 19.2 Å². The Kier molecular flexibility index (Phi) is 8.88. The van der Waals surface area contributed by atoms with Gasteiger partial charge in [0.2, 0.25) is 5.13 Å². The van der Waals surface area contributed by atoms with E-state index in [0.29, 0.717) is 5.01 Å². The molecule has 0 spiro atoms. The van der Waals surface area contributed by atoms with E-state index in [2.05, 4.69) is 20.5 Å². The minimum Gasteiger partial charge on any atom is -0.478 e. The van der Waals surface area contributed by atoms with Crippen molar-refractivity contribution >= 4 is 46.7 Å². The fourth-order valence-electron chi connectivity index (χ4n) is 3.53. The molecule has 35 heavy (non-hydrogen) atoms. The first kappa shape index (κ1) is 26.2. The van der Waals surface area contributed by atoms with Crippen LogP contribution >= 0.6 is 23.7 Å². The van der Waals surface area contributed by atoms with Crippen LogP contribution in [0.2, 0.25) is 0 Å². The number of carbonyl (C=O) groups excluding carboxylic acids is 2. The van der Waals surface area contributed by atoms with Gasteiger partial charge in [0.1, 0.15) is 5.01 Å². The van der Waals surface area contributed by atoms with Gasteiger partial charge in [-0.15, -0.1) is 22.6 Å². The lowest BCUT2D eigenvalue weighted by atomic mass is 10.1. The molecule has 2 N–H and O–H groups in total. The van der Waals surface area contributed by atoms with Crippen LogP contribution in [0.4, 0.5) is 5.13 Å². The van der Waals surface area contributed by atoms with Crippen LogP contribution in [-0.2, 0) is 4.79 Å². The number of hydrazine groups is 1. The van der Waals surface area contributed by atoms with Crippen molar-refractivity contribution in [3.05, 3.63) is 65.7 Å². The van der Waals surface area contributed by atoms with Crippen molar-refractivity contribution in [2.24, 2.45) is 0 Å². The van der Waals surface area contributed by atoms with Gasteiger partial charge in [0, 0.05) is 31.7 Å². The van der Waals surface area contributed by atoms with E-state index in [-0.39, 0.29) is 35.2 Å². The third-order valence-electron chi connectivity index (χ3n) is 5.42. The van der Waals surface area contributed by atoms with E-state index < -0.39 is 17.8 Å². The van der Waals surface area contributed by atoms with E-state index in [1.165, 1.54) is 18.2 Å². The number of nitrogens with zero attached hydrogens (tertiary/aromatic N) is 5. The van der Waals surface area contributed by atoms with E-state index in [4.69, 9.17) is 0 Å². The first-order valence-corrected chi connectivity index (χ1v) is 11.5. The number of nitrogens with one attached hydrogen (secondary N) is 1. The fraction of sp³-hybridized carbons (Fsp3) is 0.261. The molecule has 0 atom stereocenters. The van der Waals surface area contributed by atoms with Crippen LogP contribution in [0.15, 0.2) is 54.6 Å². The number of carboxylic acid groups (broad SMARTS) is 1. The minimum absolute atomic E-state index is 0. The van der Waals surface area contributed by atoms with Crippen LogP contribution < -0.4 is 10.4 Å². The lowest BCUT2D eigenvalue weighted by molar-refractivity contribution is -0.122. The third kappa shape index (κ3) is 6.40. The van der Waals surface area contributed by atoms with Gasteiger partial charge in [0.05, 0.1) is 17.7 Å². The number of benzene rings is 2. The zero-order chi connectivity index (χ0) is 24.1. The Labute approximate surface area is 212 Å². The number of piperazine rings is 1. The molecule has 0 saturated carbocycles. The van der Waals surface area contributed by atoms with E-state index in [1.54, 1.807) is 6.07 Å². The van der Waals surface area contributed by atoms with Crippen LogP contribution in [0.25, 0.3) is 10.6 Å². The maximum atomic E-state index is 13.5. The Morgan fingerprint density at radius 3 is 2.26 bits per heavy atom. The molecule has 4 rings (SSSR count). The molecule has 0 radical (unpaired) electrons. The molecule has 2 aromatic carbocycles. The van der Waals surface area contributed by atoms with Crippen LogP contribution in [0.5, 0.6) is 0 Å². The Bertz CT molecular complexity index is 1180. The van der Waals surface area contributed by atoms with Gasteiger partial charge in [0.15, 0.2) is 0 Å². The van der Waals surface area contributed by atoms with Gasteiger partial charge in [-0.25, -0.2) is 4.79 Å². The van der Waals surface area contributed by atoms with Crippen molar-refractivity contribution < 1.29 is 19.5 Å². The number of amides is 2. The quantitative estimate of drug-likeness (QED) is 0.479. The fourth-order valence-corrected chi connectivity index (χ4v) is 4.34. The van der Waals surface area contributed by atoms with E-state index in [0.717, 1.165) is 48.1 Å². The zero-order valence-electron chi connectivity index (χ0n) is 19.0. The van der Waals surface area contributed by atoms with Crippen molar-refractivity contribution in [3.8, 4) is 10.6 Å². The molecule has 1 fully saturated rings. The number of carbonyl (C=O) groups is 3. The second kappa shape index (κ2) is 11.8. The highest BCUT2D eigenvalue weighted by Crippen LogP contribution is 2.29. The highest BCUT2D eigenvalue weighted by Gasteiger charge is 2.28. The summed E-state index contributed by atoms with van der Waals surface area (Å²) in [5.41, 5.74) is 3.21. The van der Waals surface area contributed by atoms with Gasteiger partial charge in [-0.1, -0.05) is 53.8 Å². The highest BCUT2D eigenvalue weighted by molar-refractivity contribution is 7.18. The van der Waals surface area contributed by atoms with E-state index in [9.17, 15) is 19.5 Å². The summed E-state index contributed by atoms with van der Waals surface area (Å²) in [5, 5.41) is 19.5. The number of hydrogen-bond acceptors (Lipinski definition) is 8. The Morgan fingerprint density at radius 2 is 1.60 bits per heavy atom. The van der Waals surface area contributed by atoms with Crippen molar-refractivity contribution in [1.29, 1.82) is 0 Å². The van der Waals surface area contributed by atoms with Crippen molar-refractivity contribution in [1.82, 2.24) is 25.4 Å². The SMILES string of the molecule is CN1CCN(CC(=O)NN(C(=O)c2ccccc2C(=O)O)c2nnc(-c3ccccc3)s2)CC1.Cl. The molecule has 1 aliphatic rings. The number of halogens is 1. The number of carboxylic acids is 1. The number of hydrogen-bond donors (Lipinski definition) is 2. The Morgan fingerprint density at radius 1 is 0.971 bits per heavy atom. The zero-order valence-corrected chi connectivity index (χ0v) is 20.6. The van der Waals surface area contributed by atoms with Gasteiger partial charge in [0.25, 0.3) is 11.8 Å². The highest BCUT2D eigenvalue weighted by atomic mass is 35.5. The number of aromatic carboxylic acids is 1. The van der Waals surface area contributed by atoms with Crippen LogP contribution in [-0.4, -0.2) is 82.7 Å². The summed E-state index contributed by atoms with van der Waals surface area (Å²) in [6, 6.07) is 15.2. The lowest BCUT2D eigenvalue weighted by Crippen LogP contribution is -2.53. The molecule has 0 bridgehead atoms. The van der Waals surface area contributed by atoms with Crippen molar-refractivity contribution in [2.75, 3.05) is 44.8 Å². The van der Waals surface area contributed by atoms with Gasteiger partial charge in [-0.2, -0.15) is 5.01 Å². The molecule has 1 aliphatic heterocycles. The summed E-state index contributed by atoms with van der Waals surface area (Å²) in [4.78, 5) is 42.2. The van der Waals surface area contributed by atoms with Gasteiger partial charge >= 0.3 is 5.97 Å². The Balaban J connectivity index is 0.00000342. The maximum absolute atomic E-state index is 13.5. The van der Waals surface area contributed by atoms with Gasteiger partial charge < -0.3 is 10.0 Å². The van der Waals surface area contributed by atoms with E-state index in [1.807, 2.05) is 42.3 Å². The van der Waals surface area contributed by atoms with Crippen LogP contribution in [0, 0.1) is 0 Å². The smallest absolute Gasteiger partial charge is 0.336 e. The van der Waals surface area contributed by atoms with E-state index >= 15 is 0 Å². The maximum Gasteiger partial charge on any atom is 0.336 e. The summed E-state index contributed by atoms with van der Waals surface area (Å²) in [6.07, 6.45) is 0. The molecule has 184 valence electrons. The second-order valence-corrected chi connectivity index (χ2v) is 8.82. The monoisotopic (exact) mass is 516 g/mol. The average Bonchev–Trinajstić information content (AvgIpc) is 3.34. The molecule has 2 amide bonds. The topological polar surface area (TPSA) is 119 Å². The van der Waals surface area contributed by atoms with Crippen LogP contribution in [0.1, 0.15) is 20.7 Å². The van der Waals surface area contributed by atoms with Crippen molar-refractivity contribution in [3.63, 3.8) is 0 Å². The molecule has 3 aromatic rings. The van der Waals surface area contributed by atoms with Crippen LogP contribution in [0.3, 0.4) is 0 Å². The number of aromatic nitrogens is 2. The van der Waals surface area contributed by atoms with Crippen molar-refractivity contribution in [2.45, 2.75) is 0 Å². The standard InChI is InChI=1S/C23H24N6O4S.ClH/c1-27-11-13-28(14-12-27)15-19(30)26-29(21(31)17-9-5-6-10-18(17)22(32)33)23-25-24-20(34-23)16-7-3-2-4-8-16;/h2-10H,11-15H2,1H3,(H,26,30)(H,32,33);1H.